The Kier molecular flexibility index (Phi) is 6.31. The molecule has 0 fully saturated rings. The Morgan fingerprint density at radius 3 is 2.31 bits per heavy atom. The fraction of sp³-hybridized carbons (Fsp3) is 0.556. The van der Waals surface area contributed by atoms with Crippen LogP contribution in [-0.2, 0) is 9.59 Å². The van der Waals surface area contributed by atoms with Gasteiger partial charge in [-0.2, -0.15) is 0 Å². The molecule has 92 valence electrons. The smallest absolute Gasteiger partial charge is 0.246 e. The Hall–Kier alpha value is -1.44. The molecule has 0 aromatic carbocycles. The number of carbonyl (C=O) groups is 2. The molecule has 8 N–H and O–H groups in total. The van der Waals surface area contributed by atoms with E-state index in [1.165, 1.54) is 0 Å². The van der Waals surface area contributed by atoms with Crippen molar-refractivity contribution in [1.82, 2.24) is 10.6 Å². The molecule has 7 heteroatoms. The second-order valence-electron chi connectivity index (χ2n) is 3.44. The molecule has 0 aromatic heterocycles. The topological polar surface area (TPSA) is 136 Å². The highest BCUT2D eigenvalue weighted by Gasteiger charge is 2.17. The zero-order chi connectivity index (χ0) is 12.7. The minimum atomic E-state index is -0.947. The minimum Gasteiger partial charge on any atom is -0.368 e. The molecule has 0 bridgehead atoms. The van der Waals surface area contributed by atoms with Crippen LogP contribution < -0.4 is 27.8 Å². The lowest BCUT2D eigenvalue weighted by Gasteiger charge is -2.18. The van der Waals surface area contributed by atoms with Crippen molar-refractivity contribution in [1.29, 1.82) is 0 Å². The van der Waals surface area contributed by atoms with Crippen LogP contribution in [0.1, 0.15) is 6.92 Å². The molecule has 16 heavy (non-hydrogen) atoms. The summed E-state index contributed by atoms with van der Waals surface area (Å²) in [7, 11) is 0. The van der Waals surface area contributed by atoms with Crippen molar-refractivity contribution in [3.63, 3.8) is 0 Å². The zero-order valence-electron chi connectivity index (χ0n) is 9.32. The van der Waals surface area contributed by atoms with Crippen molar-refractivity contribution < 1.29 is 9.59 Å². The zero-order valence-corrected chi connectivity index (χ0v) is 9.32. The van der Waals surface area contributed by atoms with Crippen LogP contribution in [0.4, 0.5) is 0 Å². The summed E-state index contributed by atoms with van der Waals surface area (Å²) in [5.41, 5.74) is 16.3. The molecule has 0 rings (SSSR count). The number of carbonyl (C=O) groups excluding carboxylic acids is 2. The molecule has 2 atom stereocenters. The van der Waals surface area contributed by atoms with Gasteiger partial charge in [-0.15, -0.1) is 0 Å². The van der Waals surface area contributed by atoms with Crippen LogP contribution >= 0.6 is 0 Å². The van der Waals surface area contributed by atoms with Crippen molar-refractivity contribution >= 4 is 11.8 Å². The van der Waals surface area contributed by atoms with Gasteiger partial charge in [-0.1, -0.05) is 6.58 Å². The lowest BCUT2D eigenvalue weighted by molar-refractivity contribution is -0.120. The summed E-state index contributed by atoms with van der Waals surface area (Å²) >= 11 is 0. The first-order valence-electron chi connectivity index (χ1n) is 4.83. The van der Waals surface area contributed by atoms with Gasteiger partial charge in [-0.25, -0.2) is 0 Å². The fourth-order valence-corrected chi connectivity index (χ4v) is 0.870. The molecular weight excluding hydrogens is 210 g/mol. The van der Waals surface area contributed by atoms with E-state index in [1.807, 2.05) is 0 Å². The number of hydrogen-bond donors (Lipinski definition) is 5. The summed E-state index contributed by atoms with van der Waals surface area (Å²) in [5.74, 6) is -0.902. The van der Waals surface area contributed by atoms with Gasteiger partial charge in [0.1, 0.15) is 6.04 Å². The molecule has 0 aliphatic heterocycles. The first-order chi connectivity index (χ1) is 7.36. The number of amides is 2. The van der Waals surface area contributed by atoms with Gasteiger partial charge in [-0.3, -0.25) is 14.9 Å². The third kappa shape index (κ3) is 5.44. The summed E-state index contributed by atoms with van der Waals surface area (Å²) in [6, 6.07) is -0.947. The molecule has 0 spiro atoms. The largest absolute Gasteiger partial charge is 0.368 e. The molecule has 2 unspecified atom stereocenters. The van der Waals surface area contributed by atoms with E-state index in [4.69, 9.17) is 17.2 Å². The van der Waals surface area contributed by atoms with Gasteiger partial charge in [0.15, 0.2) is 0 Å². The number of hydrogen-bond acceptors (Lipinski definition) is 5. The normalized spacial score (nSPS) is 13.9. The molecule has 7 nitrogen and oxygen atoms in total. The Balaban J connectivity index is 3.71. The van der Waals surface area contributed by atoms with Gasteiger partial charge in [0.25, 0.3) is 0 Å². The second-order valence-corrected chi connectivity index (χ2v) is 3.44. The molecule has 0 radical (unpaired) electrons. The van der Waals surface area contributed by atoms with Crippen molar-refractivity contribution in [2.75, 3.05) is 13.1 Å². The van der Waals surface area contributed by atoms with Crippen LogP contribution in [0.3, 0.4) is 0 Å². The quantitative estimate of drug-likeness (QED) is 0.185. The molecule has 0 heterocycles. The first kappa shape index (κ1) is 14.6. The van der Waals surface area contributed by atoms with Gasteiger partial charge in [-0.05, 0) is 6.92 Å². The third-order valence-electron chi connectivity index (χ3n) is 1.89. The second kappa shape index (κ2) is 6.94. The maximum Gasteiger partial charge on any atom is 0.246 e. The molecule has 0 saturated carbocycles. The van der Waals surface area contributed by atoms with Gasteiger partial charge in [0.2, 0.25) is 11.8 Å². The van der Waals surface area contributed by atoms with E-state index in [0.717, 1.165) is 0 Å². The van der Waals surface area contributed by atoms with Crippen LogP contribution in [0, 0.1) is 0 Å². The average Bonchev–Trinajstić information content (AvgIpc) is 2.22. The van der Waals surface area contributed by atoms with Crippen molar-refractivity contribution in [3.8, 4) is 0 Å². The van der Waals surface area contributed by atoms with Gasteiger partial charge in [0.05, 0.1) is 6.17 Å². The molecule has 0 aromatic rings. The molecule has 0 saturated heterocycles. The lowest BCUT2D eigenvalue weighted by atomic mass is 10.2. The Labute approximate surface area is 94.4 Å². The van der Waals surface area contributed by atoms with E-state index in [1.54, 1.807) is 6.92 Å². The van der Waals surface area contributed by atoms with E-state index in [-0.39, 0.29) is 5.91 Å². The van der Waals surface area contributed by atoms with Gasteiger partial charge >= 0.3 is 0 Å². The van der Waals surface area contributed by atoms with Crippen LogP contribution in [0.15, 0.2) is 12.2 Å². The van der Waals surface area contributed by atoms with Crippen molar-refractivity contribution in [2.45, 2.75) is 19.1 Å². The van der Waals surface area contributed by atoms with Crippen molar-refractivity contribution in [2.24, 2.45) is 17.2 Å². The van der Waals surface area contributed by atoms with Crippen LogP contribution in [0.5, 0.6) is 0 Å². The standard InChI is InChI=1S/C9H19N5O2/c1-5(2)9(16)14-4-3-13-7(11)6(10)8(12)15/h6-7,13H,1,3-4,10-11H2,2H3,(H2,12,15)(H,14,16). The van der Waals surface area contributed by atoms with Gasteiger partial charge < -0.3 is 22.5 Å². The van der Waals surface area contributed by atoms with Crippen LogP contribution in [0.2, 0.25) is 0 Å². The maximum atomic E-state index is 11.1. The molecule has 2 amide bonds. The van der Waals surface area contributed by atoms with E-state index in [0.29, 0.717) is 18.7 Å². The number of primary amides is 1. The van der Waals surface area contributed by atoms with Crippen LogP contribution in [-0.4, -0.2) is 37.1 Å². The lowest BCUT2D eigenvalue weighted by Crippen LogP contribution is -2.58. The predicted octanol–water partition coefficient (Wildman–Crippen LogP) is -2.63. The molecule has 0 aliphatic rings. The monoisotopic (exact) mass is 229 g/mol. The minimum absolute atomic E-state index is 0.227. The highest BCUT2D eigenvalue weighted by Crippen LogP contribution is 1.84. The number of nitrogens with one attached hydrogen (secondary N) is 2. The maximum absolute atomic E-state index is 11.1. The summed E-state index contributed by atoms with van der Waals surface area (Å²) in [6.45, 7) is 5.85. The average molecular weight is 229 g/mol. The highest BCUT2D eigenvalue weighted by atomic mass is 16.2. The van der Waals surface area contributed by atoms with E-state index >= 15 is 0 Å². The summed E-state index contributed by atoms with van der Waals surface area (Å²) in [6.07, 6.45) is -0.723. The number of nitrogens with two attached hydrogens (primary N) is 3. The summed E-state index contributed by atoms with van der Waals surface area (Å²) in [4.78, 5) is 21.7. The molecular formula is C9H19N5O2. The highest BCUT2D eigenvalue weighted by molar-refractivity contribution is 5.92. The number of rotatable bonds is 7. The predicted molar refractivity (Wildman–Crippen MR) is 61.0 cm³/mol. The Bertz CT molecular complexity index is 279. The summed E-state index contributed by atoms with van der Waals surface area (Å²) in [5, 5.41) is 5.36. The van der Waals surface area contributed by atoms with Crippen molar-refractivity contribution in [3.05, 3.63) is 12.2 Å². The fourth-order valence-electron chi connectivity index (χ4n) is 0.870. The van der Waals surface area contributed by atoms with Crippen LogP contribution in [0.25, 0.3) is 0 Å². The Morgan fingerprint density at radius 1 is 1.31 bits per heavy atom. The van der Waals surface area contributed by atoms with E-state index in [2.05, 4.69) is 17.2 Å². The SMILES string of the molecule is C=C(C)C(=O)NCCNC(N)C(N)C(N)=O. The van der Waals surface area contributed by atoms with E-state index in [9.17, 15) is 9.59 Å². The Morgan fingerprint density at radius 2 is 1.88 bits per heavy atom. The summed E-state index contributed by atoms with van der Waals surface area (Å²) < 4.78 is 0. The van der Waals surface area contributed by atoms with Gasteiger partial charge in [0, 0.05) is 18.7 Å². The first-order valence-corrected chi connectivity index (χ1v) is 4.83. The van der Waals surface area contributed by atoms with E-state index < -0.39 is 18.1 Å². The third-order valence-corrected chi connectivity index (χ3v) is 1.89. The molecule has 0 aliphatic carbocycles.